The van der Waals surface area contributed by atoms with Crippen LogP contribution in [0.5, 0.6) is 0 Å². The number of urea groups is 1. The van der Waals surface area contributed by atoms with Gasteiger partial charge in [0.1, 0.15) is 0 Å². The minimum atomic E-state index is -1.07. The number of halogens is 1. The fraction of sp³-hybridized carbons (Fsp3) is 0.231. The van der Waals surface area contributed by atoms with Gasteiger partial charge in [0.25, 0.3) is 0 Å². The Labute approximate surface area is 119 Å². The van der Waals surface area contributed by atoms with Crippen LogP contribution < -0.4 is 5.32 Å². The minimum Gasteiger partial charge on any atom is -0.478 e. The zero-order valence-corrected chi connectivity index (χ0v) is 11.9. The third kappa shape index (κ3) is 4.00. The monoisotopic (exact) mass is 324 g/mol. The van der Waals surface area contributed by atoms with Gasteiger partial charge in [-0.1, -0.05) is 5.92 Å². The molecule has 19 heavy (non-hydrogen) atoms. The van der Waals surface area contributed by atoms with E-state index in [2.05, 4.69) is 27.2 Å². The molecule has 0 saturated heterocycles. The number of aromatic carboxylic acids is 1. The Bertz CT molecular complexity index is 537. The molecule has 0 bridgehead atoms. The first-order valence-corrected chi connectivity index (χ1v) is 6.31. The van der Waals surface area contributed by atoms with Crippen LogP contribution in [0, 0.1) is 12.3 Å². The average Bonchev–Trinajstić information content (AvgIpc) is 2.37. The van der Waals surface area contributed by atoms with E-state index in [0.717, 1.165) is 0 Å². The maximum absolute atomic E-state index is 11.9. The Balaban J connectivity index is 2.88. The molecule has 1 aromatic rings. The van der Waals surface area contributed by atoms with Crippen molar-refractivity contribution in [2.24, 2.45) is 0 Å². The van der Waals surface area contributed by atoms with Gasteiger partial charge >= 0.3 is 12.0 Å². The number of carboxylic acid groups (broad SMARTS) is 1. The summed E-state index contributed by atoms with van der Waals surface area (Å²) in [5, 5.41) is 11.6. The number of hydrogen-bond donors (Lipinski definition) is 2. The van der Waals surface area contributed by atoms with Gasteiger partial charge in [-0.2, -0.15) is 0 Å². The van der Waals surface area contributed by atoms with Crippen LogP contribution in [0.4, 0.5) is 10.5 Å². The molecule has 1 rings (SSSR count). The second-order valence-corrected chi connectivity index (χ2v) is 4.50. The number of benzene rings is 1. The summed E-state index contributed by atoms with van der Waals surface area (Å²) in [6, 6.07) is 4.20. The molecule has 0 saturated carbocycles. The largest absolute Gasteiger partial charge is 0.478 e. The van der Waals surface area contributed by atoms with Crippen LogP contribution in [0.15, 0.2) is 22.7 Å². The molecule has 0 aliphatic rings. The van der Waals surface area contributed by atoms with E-state index in [-0.39, 0.29) is 18.1 Å². The van der Waals surface area contributed by atoms with Crippen molar-refractivity contribution in [2.75, 3.05) is 18.4 Å². The molecule has 0 heterocycles. The number of nitrogens with one attached hydrogen (secondary N) is 1. The number of carboxylic acids is 1. The van der Waals surface area contributed by atoms with Crippen molar-refractivity contribution < 1.29 is 14.7 Å². The summed E-state index contributed by atoms with van der Waals surface area (Å²) >= 11 is 3.13. The zero-order valence-electron chi connectivity index (χ0n) is 10.3. The fourth-order valence-corrected chi connectivity index (χ4v) is 1.82. The van der Waals surface area contributed by atoms with Crippen LogP contribution in [0.25, 0.3) is 0 Å². The topological polar surface area (TPSA) is 69.6 Å². The number of carbonyl (C=O) groups is 2. The minimum absolute atomic E-state index is 0.0813. The Kier molecular flexibility index (Phi) is 5.39. The van der Waals surface area contributed by atoms with Crippen molar-refractivity contribution in [1.29, 1.82) is 0 Å². The van der Waals surface area contributed by atoms with E-state index in [9.17, 15) is 9.59 Å². The number of rotatable bonds is 4. The number of anilines is 1. The standard InChI is InChI=1S/C13H13BrN2O3/c1-3-7-16(4-2)13(19)15-9-5-6-11(14)10(8-9)12(17)18/h1,5-6,8H,4,7H2,2H3,(H,15,19)(H,17,18). The summed E-state index contributed by atoms with van der Waals surface area (Å²) in [5.41, 5.74) is 0.485. The van der Waals surface area contributed by atoms with E-state index in [1.807, 2.05) is 0 Å². The third-order valence-electron chi connectivity index (χ3n) is 2.40. The van der Waals surface area contributed by atoms with E-state index in [0.29, 0.717) is 16.7 Å². The summed E-state index contributed by atoms with van der Waals surface area (Å²) in [6.07, 6.45) is 5.16. The van der Waals surface area contributed by atoms with Crippen molar-refractivity contribution in [3.63, 3.8) is 0 Å². The Morgan fingerprint density at radius 2 is 2.21 bits per heavy atom. The van der Waals surface area contributed by atoms with Crippen LogP contribution in [0.1, 0.15) is 17.3 Å². The molecule has 0 aliphatic heterocycles. The molecule has 2 amide bonds. The number of nitrogens with zero attached hydrogens (tertiary/aromatic N) is 1. The second kappa shape index (κ2) is 6.81. The predicted octanol–water partition coefficient (Wildman–Crippen LogP) is 2.63. The van der Waals surface area contributed by atoms with E-state index in [4.69, 9.17) is 11.5 Å². The lowest BCUT2D eigenvalue weighted by Crippen LogP contribution is -2.35. The van der Waals surface area contributed by atoms with Gasteiger partial charge in [0, 0.05) is 16.7 Å². The smallest absolute Gasteiger partial charge is 0.336 e. The molecule has 2 N–H and O–H groups in total. The van der Waals surface area contributed by atoms with Crippen LogP contribution in [0.3, 0.4) is 0 Å². The van der Waals surface area contributed by atoms with Crippen LogP contribution in [0.2, 0.25) is 0 Å². The molecule has 0 spiro atoms. The summed E-state index contributed by atoms with van der Waals surface area (Å²) in [7, 11) is 0. The lowest BCUT2D eigenvalue weighted by molar-refractivity contribution is 0.0696. The van der Waals surface area contributed by atoms with Gasteiger partial charge < -0.3 is 15.3 Å². The molecule has 0 radical (unpaired) electrons. The van der Waals surface area contributed by atoms with Crippen molar-refractivity contribution in [3.05, 3.63) is 28.2 Å². The molecule has 100 valence electrons. The second-order valence-electron chi connectivity index (χ2n) is 3.65. The number of terminal acetylenes is 1. The Morgan fingerprint density at radius 3 is 2.74 bits per heavy atom. The fourth-order valence-electron chi connectivity index (χ4n) is 1.41. The predicted molar refractivity (Wildman–Crippen MR) is 76.2 cm³/mol. The van der Waals surface area contributed by atoms with Crippen molar-refractivity contribution >= 4 is 33.6 Å². The zero-order chi connectivity index (χ0) is 14.4. The van der Waals surface area contributed by atoms with Gasteiger partial charge in [0.15, 0.2) is 0 Å². The summed E-state index contributed by atoms with van der Waals surface area (Å²) in [4.78, 5) is 24.3. The van der Waals surface area contributed by atoms with Crippen LogP contribution in [-0.4, -0.2) is 35.1 Å². The lowest BCUT2D eigenvalue weighted by Gasteiger charge is -2.18. The van der Waals surface area contributed by atoms with Gasteiger partial charge in [-0.3, -0.25) is 0 Å². The maximum Gasteiger partial charge on any atom is 0.336 e. The number of hydrogen-bond acceptors (Lipinski definition) is 2. The lowest BCUT2D eigenvalue weighted by atomic mass is 10.2. The van der Waals surface area contributed by atoms with Crippen molar-refractivity contribution in [2.45, 2.75) is 6.92 Å². The molecule has 0 unspecified atom stereocenters. The number of amides is 2. The molecule has 0 atom stereocenters. The SMILES string of the molecule is C#CCN(CC)C(=O)Nc1ccc(Br)c(C(=O)O)c1. The van der Waals surface area contributed by atoms with E-state index < -0.39 is 5.97 Å². The van der Waals surface area contributed by atoms with E-state index >= 15 is 0 Å². The first-order valence-electron chi connectivity index (χ1n) is 5.51. The molecule has 0 aromatic heterocycles. The molecule has 5 nitrogen and oxygen atoms in total. The molecular weight excluding hydrogens is 312 g/mol. The average molecular weight is 325 g/mol. The quantitative estimate of drug-likeness (QED) is 0.836. The first-order chi connectivity index (χ1) is 8.99. The van der Waals surface area contributed by atoms with Gasteiger partial charge in [-0.25, -0.2) is 9.59 Å². The summed E-state index contributed by atoms with van der Waals surface area (Å²) in [6.45, 7) is 2.48. The van der Waals surface area contributed by atoms with Crippen LogP contribution in [-0.2, 0) is 0 Å². The van der Waals surface area contributed by atoms with E-state index in [1.165, 1.54) is 11.0 Å². The van der Waals surface area contributed by atoms with Crippen molar-refractivity contribution in [1.82, 2.24) is 4.90 Å². The van der Waals surface area contributed by atoms with E-state index in [1.54, 1.807) is 19.1 Å². The maximum atomic E-state index is 11.9. The highest BCUT2D eigenvalue weighted by molar-refractivity contribution is 9.10. The van der Waals surface area contributed by atoms with Crippen molar-refractivity contribution in [3.8, 4) is 12.3 Å². The highest BCUT2D eigenvalue weighted by Gasteiger charge is 2.13. The molecular formula is C13H13BrN2O3. The highest BCUT2D eigenvalue weighted by atomic mass is 79.9. The molecule has 0 aliphatic carbocycles. The van der Waals surface area contributed by atoms with Gasteiger partial charge in [-0.15, -0.1) is 6.42 Å². The Morgan fingerprint density at radius 1 is 1.53 bits per heavy atom. The normalized spacial score (nSPS) is 9.53. The van der Waals surface area contributed by atoms with Gasteiger partial charge in [0.2, 0.25) is 0 Å². The summed E-state index contributed by atoms with van der Waals surface area (Å²) in [5.74, 6) is 1.32. The molecule has 6 heteroatoms. The highest BCUT2D eigenvalue weighted by Crippen LogP contribution is 2.21. The molecule has 0 fully saturated rings. The molecule has 1 aromatic carbocycles. The number of carbonyl (C=O) groups excluding carboxylic acids is 1. The first kappa shape index (κ1) is 15.1. The van der Waals surface area contributed by atoms with Gasteiger partial charge in [-0.05, 0) is 41.1 Å². The Hall–Kier alpha value is -2.00. The van der Waals surface area contributed by atoms with Gasteiger partial charge in [0.05, 0.1) is 12.1 Å². The third-order valence-corrected chi connectivity index (χ3v) is 3.09. The summed E-state index contributed by atoms with van der Waals surface area (Å²) < 4.78 is 0.453. The van der Waals surface area contributed by atoms with Crippen LogP contribution >= 0.6 is 15.9 Å².